The van der Waals surface area contributed by atoms with Crippen molar-refractivity contribution in [3.63, 3.8) is 0 Å². The van der Waals surface area contributed by atoms with Gasteiger partial charge >= 0.3 is 11.9 Å². The Balaban J connectivity index is 4.33. The molecule has 0 aliphatic carbocycles. The number of likely N-dealkylation sites (N-methyl/N-ethyl adjacent to an activating group) is 1. The van der Waals surface area contributed by atoms with Crippen LogP contribution in [0.2, 0.25) is 0 Å². The average molecular weight is 760 g/mol. The molecule has 10 heteroatoms. The van der Waals surface area contributed by atoms with Crippen molar-refractivity contribution in [3.05, 3.63) is 12.2 Å². The SMILES string of the molecule is CCCCC/C=C\CCCCCCCC(=O)O[C@H](COC(=O)CCCCCCCCCCCCCCCCCC)COP(=O)([O-])OCC[N+](C)(C)C. The quantitative estimate of drug-likeness (QED) is 0.0200. The van der Waals surface area contributed by atoms with Crippen molar-refractivity contribution in [2.75, 3.05) is 47.5 Å². The van der Waals surface area contributed by atoms with Crippen LogP contribution in [-0.2, 0) is 32.7 Å². The summed E-state index contributed by atoms with van der Waals surface area (Å²) in [6, 6.07) is 0. The summed E-state index contributed by atoms with van der Waals surface area (Å²) in [5.41, 5.74) is 0. The summed E-state index contributed by atoms with van der Waals surface area (Å²) in [7, 11) is 1.17. The normalized spacial score (nSPS) is 13.7. The van der Waals surface area contributed by atoms with Crippen molar-refractivity contribution in [1.29, 1.82) is 0 Å². The van der Waals surface area contributed by atoms with E-state index in [0.717, 1.165) is 57.8 Å². The number of carbonyl (C=O) groups excluding carboxylic acids is 2. The van der Waals surface area contributed by atoms with E-state index in [9.17, 15) is 19.0 Å². The van der Waals surface area contributed by atoms with E-state index in [1.807, 2.05) is 21.1 Å². The minimum Gasteiger partial charge on any atom is -0.756 e. The Morgan fingerprint density at radius 2 is 0.981 bits per heavy atom. The first-order valence-corrected chi connectivity index (χ1v) is 22.9. The summed E-state index contributed by atoms with van der Waals surface area (Å²) >= 11 is 0. The Bertz CT molecular complexity index is 907. The first-order valence-electron chi connectivity index (χ1n) is 21.4. The number of hydrogen-bond donors (Lipinski definition) is 0. The van der Waals surface area contributed by atoms with Crippen LogP contribution in [0.5, 0.6) is 0 Å². The number of ether oxygens (including phenoxy) is 2. The minimum absolute atomic E-state index is 0.0295. The van der Waals surface area contributed by atoms with E-state index in [0.29, 0.717) is 17.4 Å². The molecule has 0 saturated carbocycles. The van der Waals surface area contributed by atoms with Crippen molar-refractivity contribution >= 4 is 19.8 Å². The first kappa shape index (κ1) is 50.8. The molecule has 0 fully saturated rings. The van der Waals surface area contributed by atoms with Crippen molar-refractivity contribution in [3.8, 4) is 0 Å². The molecule has 308 valence electrons. The molecule has 0 aromatic carbocycles. The van der Waals surface area contributed by atoms with Gasteiger partial charge in [-0.2, -0.15) is 0 Å². The number of esters is 2. The van der Waals surface area contributed by atoms with Crippen LogP contribution in [0, 0.1) is 0 Å². The zero-order valence-corrected chi connectivity index (χ0v) is 35.4. The molecule has 0 N–H and O–H groups in total. The fourth-order valence-corrected chi connectivity index (χ4v) is 6.61. The number of carbonyl (C=O) groups is 2. The second-order valence-electron chi connectivity index (χ2n) is 15.7. The number of phosphoric acid groups is 1. The van der Waals surface area contributed by atoms with E-state index in [1.165, 1.54) is 103 Å². The van der Waals surface area contributed by atoms with Gasteiger partial charge in [-0.25, -0.2) is 0 Å². The van der Waals surface area contributed by atoms with Crippen LogP contribution in [0.1, 0.15) is 194 Å². The third kappa shape index (κ3) is 38.5. The van der Waals surface area contributed by atoms with Crippen molar-refractivity contribution in [2.24, 2.45) is 0 Å². The van der Waals surface area contributed by atoms with E-state index < -0.39 is 26.5 Å². The number of phosphoric ester groups is 1. The molecule has 0 aromatic rings. The maximum atomic E-state index is 12.6. The van der Waals surface area contributed by atoms with Gasteiger partial charge in [-0.15, -0.1) is 0 Å². The number of rotatable bonds is 39. The van der Waals surface area contributed by atoms with Gasteiger partial charge in [0.05, 0.1) is 27.7 Å². The number of hydrogen-bond acceptors (Lipinski definition) is 8. The molecule has 0 amide bonds. The van der Waals surface area contributed by atoms with Gasteiger partial charge in [-0.05, 0) is 38.5 Å². The molecule has 0 saturated heterocycles. The maximum absolute atomic E-state index is 12.6. The van der Waals surface area contributed by atoms with Gasteiger partial charge in [0.15, 0.2) is 6.10 Å². The highest BCUT2D eigenvalue weighted by Crippen LogP contribution is 2.38. The molecule has 2 atom stereocenters. The Kier molecular flexibility index (Phi) is 34.6. The van der Waals surface area contributed by atoms with Crippen LogP contribution in [0.3, 0.4) is 0 Å². The summed E-state index contributed by atoms with van der Waals surface area (Å²) in [5, 5.41) is 0. The van der Waals surface area contributed by atoms with E-state index in [-0.39, 0.29) is 32.0 Å². The highest BCUT2D eigenvalue weighted by atomic mass is 31.2. The van der Waals surface area contributed by atoms with E-state index in [4.69, 9.17) is 18.5 Å². The van der Waals surface area contributed by atoms with E-state index >= 15 is 0 Å². The zero-order chi connectivity index (χ0) is 38.6. The third-order valence-corrected chi connectivity index (χ3v) is 10.2. The molecule has 0 aliphatic rings. The lowest BCUT2D eigenvalue weighted by molar-refractivity contribution is -0.870. The van der Waals surface area contributed by atoms with Crippen molar-refractivity contribution < 1.29 is 42.1 Å². The maximum Gasteiger partial charge on any atom is 0.306 e. The standard InChI is InChI=1S/C42H82NO8P/c1-6-8-10-12-14-16-18-20-21-22-23-25-26-28-30-32-34-41(44)48-38-40(39-50-52(46,47)49-37-36-43(3,4)5)51-42(45)35-33-31-29-27-24-19-17-15-13-11-9-7-2/h15,17,40H,6-14,16,18-39H2,1-5H3/b17-15-/t40-/m1/s1. The van der Waals surface area contributed by atoms with E-state index in [2.05, 4.69) is 26.0 Å². The summed E-state index contributed by atoms with van der Waals surface area (Å²) < 4.78 is 33.8. The van der Waals surface area contributed by atoms with Crippen molar-refractivity contribution in [2.45, 2.75) is 200 Å². The van der Waals surface area contributed by atoms with Crippen LogP contribution >= 0.6 is 7.82 Å². The lowest BCUT2D eigenvalue weighted by Gasteiger charge is -2.28. The Labute approximate surface area is 320 Å². The Hall–Kier alpha value is -1.25. The topological polar surface area (TPSA) is 111 Å². The molecular formula is C42H82NO8P. The highest BCUT2D eigenvalue weighted by Gasteiger charge is 2.21. The second kappa shape index (κ2) is 35.5. The fourth-order valence-electron chi connectivity index (χ4n) is 5.88. The molecule has 0 spiro atoms. The predicted octanol–water partition coefficient (Wildman–Crippen LogP) is 11.2. The minimum atomic E-state index is -4.62. The number of quaternary nitrogens is 1. The summed E-state index contributed by atoms with van der Waals surface area (Å²) in [6.07, 6.45) is 35.2. The molecule has 1 unspecified atom stereocenters. The van der Waals surface area contributed by atoms with Crippen LogP contribution in [-0.4, -0.2) is 70.0 Å². The molecule has 0 radical (unpaired) electrons. The smallest absolute Gasteiger partial charge is 0.306 e. The zero-order valence-electron chi connectivity index (χ0n) is 34.5. The number of unbranched alkanes of at least 4 members (excludes halogenated alkanes) is 23. The Morgan fingerprint density at radius 1 is 0.577 bits per heavy atom. The molecule has 0 bridgehead atoms. The van der Waals surface area contributed by atoms with Gasteiger partial charge < -0.3 is 27.9 Å². The van der Waals surface area contributed by atoms with Gasteiger partial charge in [0, 0.05) is 12.8 Å². The van der Waals surface area contributed by atoms with Gasteiger partial charge in [-0.3, -0.25) is 14.2 Å². The van der Waals surface area contributed by atoms with Crippen molar-refractivity contribution in [1.82, 2.24) is 0 Å². The van der Waals surface area contributed by atoms with Crippen LogP contribution in [0.15, 0.2) is 12.2 Å². The summed E-state index contributed by atoms with van der Waals surface area (Å²) in [4.78, 5) is 37.4. The monoisotopic (exact) mass is 760 g/mol. The lowest BCUT2D eigenvalue weighted by Crippen LogP contribution is -2.37. The molecule has 52 heavy (non-hydrogen) atoms. The van der Waals surface area contributed by atoms with Gasteiger partial charge in [0.1, 0.15) is 19.8 Å². The molecule has 9 nitrogen and oxygen atoms in total. The molecule has 0 aromatic heterocycles. The largest absolute Gasteiger partial charge is 0.756 e. The molecule has 0 aliphatic heterocycles. The van der Waals surface area contributed by atoms with Crippen LogP contribution in [0.25, 0.3) is 0 Å². The molecule has 0 heterocycles. The Morgan fingerprint density at radius 3 is 1.46 bits per heavy atom. The molecule has 0 rings (SSSR count). The summed E-state index contributed by atoms with van der Waals surface area (Å²) in [6.45, 7) is 4.21. The average Bonchev–Trinajstić information content (AvgIpc) is 3.09. The summed E-state index contributed by atoms with van der Waals surface area (Å²) in [5.74, 6) is -0.837. The van der Waals surface area contributed by atoms with Gasteiger partial charge in [-0.1, -0.05) is 154 Å². The number of allylic oxidation sites excluding steroid dienone is 2. The van der Waals surface area contributed by atoms with Gasteiger partial charge in [0.25, 0.3) is 7.82 Å². The van der Waals surface area contributed by atoms with Crippen LogP contribution < -0.4 is 4.89 Å². The van der Waals surface area contributed by atoms with Gasteiger partial charge in [0.2, 0.25) is 0 Å². The number of nitrogens with zero attached hydrogens (tertiary/aromatic N) is 1. The lowest BCUT2D eigenvalue weighted by atomic mass is 10.0. The first-order chi connectivity index (χ1) is 25.0. The predicted molar refractivity (Wildman–Crippen MR) is 213 cm³/mol. The van der Waals surface area contributed by atoms with Crippen LogP contribution in [0.4, 0.5) is 0 Å². The molecular weight excluding hydrogens is 677 g/mol. The third-order valence-electron chi connectivity index (χ3n) is 9.29. The fraction of sp³-hybridized carbons (Fsp3) is 0.905. The van der Waals surface area contributed by atoms with E-state index in [1.54, 1.807) is 0 Å². The highest BCUT2D eigenvalue weighted by molar-refractivity contribution is 7.45. The second-order valence-corrected chi connectivity index (χ2v) is 17.1.